The number of benzene rings is 2. The number of rotatable bonds is 5. The van der Waals surface area contributed by atoms with E-state index in [9.17, 15) is 9.50 Å². The fourth-order valence-electron chi connectivity index (χ4n) is 3.34. The summed E-state index contributed by atoms with van der Waals surface area (Å²) in [7, 11) is 3.20. The van der Waals surface area contributed by atoms with Crippen molar-refractivity contribution in [2.24, 2.45) is 0 Å². The van der Waals surface area contributed by atoms with Gasteiger partial charge in [0.15, 0.2) is 0 Å². The quantitative estimate of drug-likeness (QED) is 0.903. The first-order chi connectivity index (χ1) is 12.0. The lowest BCUT2D eigenvalue weighted by Gasteiger charge is -2.38. The van der Waals surface area contributed by atoms with Gasteiger partial charge in [-0.3, -0.25) is 4.90 Å². The molecule has 0 amide bonds. The van der Waals surface area contributed by atoms with Crippen LogP contribution in [0.5, 0.6) is 11.5 Å². The van der Waals surface area contributed by atoms with E-state index < -0.39 is 5.60 Å². The molecule has 25 heavy (non-hydrogen) atoms. The van der Waals surface area contributed by atoms with Gasteiger partial charge in [-0.05, 0) is 48.2 Å². The Hall–Kier alpha value is -2.11. The number of hydrogen-bond acceptors (Lipinski definition) is 4. The number of halogens is 1. The van der Waals surface area contributed by atoms with Gasteiger partial charge < -0.3 is 14.6 Å². The zero-order valence-corrected chi connectivity index (χ0v) is 14.7. The van der Waals surface area contributed by atoms with E-state index >= 15 is 0 Å². The van der Waals surface area contributed by atoms with E-state index in [0.29, 0.717) is 30.9 Å². The van der Waals surface area contributed by atoms with E-state index in [2.05, 4.69) is 4.90 Å². The average Bonchev–Trinajstić information content (AvgIpc) is 2.63. The molecule has 0 atom stereocenters. The molecular weight excluding hydrogens is 321 g/mol. The second-order valence-corrected chi connectivity index (χ2v) is 6.54. The number of ether oxygens (including phenoxy) is 2. The molecule has 0 unspecified atom stereocenters. The fourth-order valence-corrected chi connectivity index (χ4v) is 3.34. The van der Waals surface area contributed by atoms with Gasteiger partial charge in [0.05, 0.1) is 19.8 Å². The van der Waals surface area contributed by atoms with Gasteiger partial charge in [0.25, 0.3) is 0 Å². The summed E-state index contributed by atoms with van der Waals surface area (Å²) in [6, 6.07) is 12.2. The maximum absolute atomic E-state index is 13.3. The predicted octanol–water partition coefficient (Wildman–Crippen LogP) is 3.33. The lowest BCUT2D eigenvalue weighted by Crippen LogP contribution is -2.42. The Bertz CT molecular complexity index is 704. The standard InChI is InChI=1S/C20H24FNO3/c1-24-18-11-16(12-19(13-18)25-2)20(23)6-8-22(9-7-20)14-15-4-3-5-17(21)10-15/h3-5,10-13,23H,6-9,14H2,1-2H3. The smallest absolute Gasteiger partial charge is 0.123 e. The molecule has 2 aromatic rings. The van der Waals surface area contributed by atoms with Gasteiger partial charge in [0, 0.05) is 25.7 Å². The summed E-state index contributed by atoms with van der Waals surface area (Å²) in [6.07, 6.45) is 1.22. The highest BCUT2D eigenvalue weighted by molar-refractivity contribution is 5.41. The molecule has 4 nitrogen and oxygen atoms in total. The number of likely N-dealkylation sites (tertiary alicyclic amines) is 1. The van der Waals surface area contributed by atoms with Gasteiger partial charge in [-0.25, -0.2) is 4.39 Å². The second kappa shape index (κ2) is 7.42. The van der Waals surface area contributed by atoms with Crippen LogP contribution in [-0.4, -0.2) is 37.3 Å². The van der Waals surface area contributed by atoms with Crippen LogP contribution in [0.25, 0.3) is 0 Å². The van der Waals surface area contributed by atoms with Crippen LogP contribution in [0, 0.1) is 5.82 Å². The van der Waals surface area contributed by atoms with Crippen molar-refractivity contribution >= 4 is 0 Å². The Labute approximate surface area is 147 Å². The van der Waals surface area contributed by atoms with Crippen molar-refractivity contribution in [1.29, 1.82) is 0 Å². The van der Waals surface area contributed by atoms with Crippen LogP contribution >= 0.6 is 0 Å². The molecular formula is C20H24FNO3. The third kappa shape index (κ3) is 4.11. The summed E-state index contributed by atoms with van der Waals surface area (Å²) in [5.74, 6) is 1.13. The minimum absolute atomic E-state index is 0.213. The van der Waals surface area contributed by atoms with Gasteiger partial charge >= 0.3 is 0 Å². The van der Waals surface area contributed by atoms with E-state index in [1.54, 1.807) is 32.4 Å². The van der Waals surface area contributed by atoms with Crippen LogP contribution in [0.15, 0.2) is 42.5 Å². The molecule has 0 aliphatic carbocycles. The Morgan fingerprint density at radius 3 is 2.24 bits per heavy atom. The Kier molecular flexibility index (Phi) is 5.25. The summed E-state index contributed by atoms with van der Waals surface area (Å²) in [5, 5.41) is 11.1. The molecule has 0 saturated carbocycles. The average molecular weight is 345 g/mol. The van der Waals surface area contributed by atoms with Crippen molar-refractivity contribution in [3.8, 4) is 11.5 Å². The molecule has 1 aliphatic heterocycles. The van der Waals surface area contributed by atoms with Crippen LogP contribution in [0.2, 0.25) is 0 Å². The van der Waals surface area contributed by atoms with Crippen molar-refractivity contribution in [1.82, 2.24) is 4.90 Å². The second-order valence-electron chi connectivity index (χ2n) is 6.54. The zero-order chi connectivity index (χ0) is 17.9. The summed E-state index contributed by atoms with van der Waals surface area (Å²) >= 11 is 0. The van der Waals surface area contributed by atoms with Crippen LogP contribution in [0.3, 0.4) is 0 Å². The number of methoxy groups -OCH3 is 2. The number of aliphatic hydroxyl groups is 1. The van der Waals surface area contributed by atoms with Gasteiger partial charge in [-0.1, -0.05) is 12.1 Å². The molecule has 3 rings (SSSR count). The van der Waals surface area contributed by atoms with Crippen molar-refractivity contribution < 1.29 is 19.0 Å². The first-order valence-corrected chi connectivity index (χ1v) is 8.45. The molecule has 5 heteroatoms. The number of nitrogens with zero attached hydrogens (tertiary/aromatic N) is 1. The SMILES string of the molecule is COc1cc(OC)cc(C2(O)CCN(Cc3cccc(F)c3)CC2)c1. The normalized spacial score (nSPS) is 17.3. The summed E-state index contributed by atoms with van der Waals surface area (Å²) < 4.78 is 23.9. The van der Waals surface area contributed by atoms with E-state index in [-0.39, 0.29) is 5.82 Å². The Balaban J connectivity index is 1.70. The van der Waals surface area contributed by atoms with Crippen molar-refractivity contribution in [2.75, 3.05) is 27.3 Å². The van der Waals surface area contributed by atoms with Crippen LogP contribution in [-0.2, 0) is 12.1 Å². The van der Waals surface area contributed by atoms with Crippen molar-refractivity contribution in [2.45, 2.75) is 25.0 Å². The molecule has 1 heterocycles. The third-order valence-electron chi connectivity index (χ3n) is 4.87. The summed E-state index contributed by atoms with van der Waals surface area (Å²) in [6.45, 7) is 2.17. The molecule has 0 aromatic heterocycles. The van der Waals surface area contributed by atoms with Gasteiger partial charge in [-0.2, -0.15) is 0 Å². The Morgan fingerprint density at radius 1 is 1.04 bits per heavy atom. The monoisotopic (exact) mass is 345 g/mol. The maximum Gasteiger partial charge on any atom is 0.123 e. The third-order valence-corrected chi connectivity index (χ3v) is 4.87. The number of hydrogen-bond donors (Lipinski definition) is 1. The first kappa shape index (κ1) is 17.7. The minimum Gasteiger partial charge on any atom is -0.497 e. The maximum atomic E-state index is 13.3. The molecule has 1 aliphatic rings. The summed E-state index contributed by atoms with van der Waals surface area (Å²) in [5.41, 5.74) is 0.864. The minimum atomic E-state index is -0.903. The van der Waals surface area contributed by atoms with E-state index in [1.807, 2.05) is 18.2 Å². The molecule has 1 N–H and O–H groups in total. The first-order valence-electron chi connectivity index (χ1n) is 8.45. The van der Waals surface area contributed by atoms with Crippen LogP contribution in [0.1, 0.15) is 24.0 Å². The topological polar surface area (TPSA) is 41.9 Å². The molecule has 1 fully saturated rings. The zero-order valence-electron chi connectivity index (χ0n) is 14.7. The highest BCUT2D eigenvalue weighted by atomic mass is 19.1. The molecule has 134 valence electrons. The Morgan fingerprint density at radius 2 is 1.68 bits per heavy atom. The van der Waals surface area contributed by atoms with E-state index in [1.165, 1.54) is 6.07 Å². The van der Waals surface area contributed by atoms with E-state index in [4.69, 9.17) is 9.47 Å². The fraction of sp³-hybridized carbons (Fsp3) is 0.400. The largest absolute Gasteiger partial charge is 0.497 e. The van der Waals surface area contributed by atoms with Crippen molar-refractivity contribution in [3.63, 3.8) is 0 Å². The summed E-state index contributed by atoms with van der Waals surface area (Å²) in [4.78, 5) is 2.24. The van der Waals surface area contributed by atoms with Crippen LogP contribution in [0.4, 0.5) is 4.39 Å². The molecule has 0 spiro atoms. The van der Waals surface area contributed by atoms with Crippen molar-refractivity contribution in [3.05, 3.63) is 59.4 Å². The molecule has 1 saturated heterocycles. The molecule has 2 aromatic carbocycles. The predicted molar refractivity (Wildman–Crippen MR) is 94.4 cm³/mol. The molecule has 0 radical (unpaired) electrons. The van der Waals surface area contributed by atoms with Crippen LogP contribution < -0.4 is 9.47 Å². The lowest BCUT2D eigenvalue weighted by molar-refractivity contribution is -0.0280. The van der Waals surface area contributed by atoms with Gasteiger partial charge in [0.2, 0.25) is 0 Å². The lowest BCUT2D eigenvalue weighted by atomic mass is 9.84. The van der Waals surface area contributed by atoms with E-state index in [0.717, 1.165) is 24.2 Å². The highest BCUT2D eigenvalue weighted by Gasteiger charge is 2.34. The van der Waals surface area contributed by atoms with Gasteiger partial charge in [-0.15, -0.1) is 0 Å². The highest BCUT2D eigenvalue weighted by Crippen LogP contribution is 2.37. The van der Waals surface area contributed by atoms with Gasteiger partial charge in [0.1, 0.15) is 17.3 Å². The number of piperidine rings is 1. The molecule has 0 bridgehead atoms.